The Morgan fingerprint density at radius 1 is 0.957 bits per heavy atom. The van der Waals surface area contributed by atoms with Crippen LogP contribution < -0.4 is 0 Å². The van der Waals surface area contributed by atoms with Crippen molar-refractivity contribution in [3.63, 3.8) is 0 Å². The van der Waals surface area contributed by atoms with Gasteiger partial charge in [-0.25, -0.2) is 0 Å². The first kappa shape index (κ1) is 16.2. The maximum Gasteiger partial charge on any atom is 0.297 e. The van der Waals surface area contributed by atoms with E-state index in [1.165, 1.54) is 0 Å². The van der Waals surface area contributed by atoms with Crippen molar-refractivity contribution in [2.24, 2.45) is 0 Å². The molecule has 0 bridgehead atoms. The molecular weight excluding hydrogens is 312 g/mol. The Balaban J connectivity index is 1.47. The van der Waals surface area contributed by atoms with E-state index >= 15 is 0 Å². The molecule has 0 atom stereocenters. The Kier molecular flexibility index (Phi) is 4.80. The second-order valence-corrected chi connectivity index (χ2v) is 7.45. The average Bonchev–Trinajstić information content (AvgIpc) is 2.51. The van der Waals surface area contributed by atoms with Crippen LogP contribution >= 0.6 is 0 Å². The molecule has 0 N–H and O–H groups in total. The fourth-order valence-corrected chi connectivity index (χ4v) is 3.56. The van der Waals surface area contributed by atoms with E-state index in [4.69, 9.17) is 8.92 Å². The Hall–Kier alpha value is -1.69. The average molecular weight is 332 g/mol. The van der Waals surface area contributed by atoms with Gasteiger partial charge in [-0.1, -0.05) is 48.0 Å². The van der Waals surface area contributed by atoms with E-state index in [9.17, 15) is 8.42 Å². The first-order chi connectivity index (χ1) is 11.0. The second-order valence-electron chi connectivity index (χ2n) is 5.88. The molecule has 0 saturated heterocycles. The van der Waals surface area contributed by atoms with Crippen LogP contribution in [-0.4, -0.2) is 20.6 Å². The summed E-state index contributed by atoms with van der Waals surface area (Å²) in [4.78, 5) is 0.205. The predicted octanol–water partition coefficient (Wildman–Crippen LogP) is 3.45. The van der Waals surface area contributed by atoms with Crippen LogP contribution in [0.2, 0.25) is 0 Å². The van der Waals surface area contributed by atoms with Gasteiger partial charge in [0.05, 0.1) is 23.7 Å². The Bertz CT molecular complexity index is 732. The van der Waals surface area contributed by atoms with Gasteiger partial charge in [0.15, 0.2) is 0 Å². The van der Waals surface area contributed by atoms with E-state index in [2.05, 4.69) is 0 Å². The molecule has 0 aliphatic heterocycles. The standard InChI is InChI=1S/C18H20O4S/c1-14-7-9-18(10-8-14)23(19,20)22-17-11-16(12-17)21-13-15-5-3-2-4-6-15/h2-10,16-17H,11-13H2,1H3/t16-,17+. The van der Waals surface area contributed by atoms with E-state index in [1.807, 2.05) is 37.3 Å². The van der Waals surface area contributed by atoms with Gasteiger partial charge in [0.1, 0.15) is 0 Å². The van der Waals surface area contributed by atoms with E-state index in [1.54, 1.807) is 24.3 Å². The third kappa shape index (κ3) is 4.19. The molecule has 1 aliphatic carbocycles. The lowest BCUT2D eigenvalue weighted by Gasteiger charge is -2.34. The molecule has 1 aliphatic rings. The number of rotatable bonds is 6. The van der Waals surface area contributed by atoms with Crippen LogP contribution in [0, 0.1) is 6.92 Å². The fourth-order valence-electron chi connectivity index (χ4n) is 2.46. The minimum Gasteiger partial charge on any atom is -0.373 e. The van der Waals surface area contributed by atoms with E-state index in [-0.39, 0.29) is 17.1 Å². The molecule has 0 aromatic heterocycles. The zero-order chi connectivity index (χ0) is 16.3. The summed E-state index contributed by atoms with van der Waals surface area (Å²) < 4.78 is 35.4. The number of benzene rings is 2. The quantitative estimate of drug-likeness (QED) is 0.760. The lowest BCUT2D eigenvalue weighted by atomic mass is 9.92. The molecular formula is C18H20O4S. The van der Waals surface area contributed by atoms with Gasteiger partial charge >= 0.3 is 0 Å². The highest BCUT2D eigenvalue weighted by Crippen LogP contribution is 2.30. The summed E-state index contributed by atoms with van der Waals surface area (Å²) in [7, 11) is -3.68. The van der Waals surface area contributed by atoms with Gasteiger partial charge in [-0.05, 0) is 24.6 Å². The van der Waals surface area contributed by atoms with Crippen LogP contribution in [0.25, 0.3) is 0 Å². The van der Waals surface area contributed by atoms with Crippen molar-refractivity contribution in [1.82, 2.24) is 0 Å². The molecule has 5 heteroatoms. The largest absolute Gasteiger partial charge is 0.373 e. The molecule has 2 aromatic rings. The molecule has 2 aromatic carbocycles. The molecule has 23 heavy (non-hydrogen) atoms. The summed E-state index contributed by atoms with van der Waals surface area (Å²) in [5.74, 6) is 0. The highest BCUT2D eigenvalue weighted by molar-refractivity contribution is 7.86. The summed E-state index contributed by atoms with van der Waals surface area (Å²) in [6.07, 6.45) is 0.992. The van der Waals surface area contributed by atoms with Crippen LogP contribution in [0.15, 0.2) is 59.5 Å². The van der Waals surface area contributed by atoms with Crippen molar-refractivity contribution in [2.45, 2.75) is 43.5 Å². The first-order valence-electron chi connectivity index (χ1n) is 7.68. The molecule has 122 valence electrons. The summed E-state index contributed by atoms with van der Waals surface area (Å²) in [5.41, 5.74) is 2.13. The third-order valence-electron chi connectivity index (χ3n) is 3.95. The molecule has 1 saturated carbocycles. The zero-order valence-corrected chi connectivity index (χ0v) is 13.8. The highest BCUT2D eigenvalue weighted by Gasteiger charge is 2.34. The van der Waals surface area contributed by atoms with E-state index < -0.39 is 10.1 Å². The lowest BCUT2D eigenvalue weighted by molar-refractivity contribution is -0.0664. The maximum absolute atomic E-state index is 12.2. The lowest BCUT2D eigenvalue weighted by Crippen LogP contribution is -2.38. The second kappa shape index (κ2) is 6.83. The normalized spacial score (nSPS) is 20.9. The van der Waals surface area contributed by atoms with Gasteiger partial charge in [0, 0.05) is 12.8 Å². The van der Waals surface area contributed by atoms with Gasteiger partial charge < -0.3 is 4.74 Å². The zero-order valence-electron chi connectivity index (χ0n) is 13.0. The Labute approximate surface area is 137 Å². The maximum atomic E-state index is 12.2. The summed E-state index contributed by atoms with van der Waals surface area (Å²) >= 11 is 0. The molecule has 1 fully saturated rings. The summed E-state index contributed by atoms with van der Waals surface area (Å²) in [6, 6.07) is 16.6. The molecule has 0 unspecified atom stereocenters. The van der Waals surface area contributed by atoms with Gasteiger partial charge in [-0.3, -0.25) is 4.18 Å². The van der Waals surface area contributed by atoms with Crippen LogP contribution in [0.5, 0.6) is 0 Å². The molecule has 0 radical (unpaired) electrons. The van der Waals surface area contributed by atoms with Crippen LogP contribution in [0.1, 0.15) is 24.0 Å². The van der Waals surface area contributed by atoms with Gasteiger partial charge in [-0.2, -0.15) is 8.42 Å². The number of hydrogen-bond acceptors (Lipinski definition) is 4. The predicted molar refractivity (Wildman–Crippen MR) is 87.5 cm³/mol. The number of hydrogen-bond donors (Lipinski definition) is 0. The smallest absolute Gasteiger partial charge is 0.297 e. The minimum absolute atomic E-state index is 0.0634. The van der Waals surface area contributed by atoms with Crippen LogP contribution in [0.4, 0.5) is 0 Å². The SMILES string of the molecule is Cc1ccc(S(=O)(=O)O[C@H]2C[C@@H](OCc3ccccc3)C2)cc1. The summed E-state index contributed by atoms with van der Waals surface area (Å²) in [6.45, 7) is 2.46. The minimum atomic E-state index is -3.68. The number of aryl methyl sites for hydroxylation is 1. The first-order valence-corrected chi connectivity index (χ1v) is 9.09. The topological polar surface area (TPSA) is 52.6 Å². The molecule has 0 heterocycles. The molecule has 3 rings (SSSR count). The Morgan fingerprint density at radius 3 is 2.26 bits per heavy atom. The van der Waals surface area contributed by atoms with Crippen molar-refractivity contribution in [1.29, 1.82) is 0 Å². The monoisotopic (exact) mass is 332 g/mol. The Morgan fingerprint density at radius 2 is 1.61 bits per heavy atom. The van der Waals surface area contributed by atoms with Gasteiger partial charge in [0.2, 0.25) is 0 Å². The highest BCUT2D eigenvalue weighted by atomic mass is 32.2. The molecule has 4 nitrogen and oxygen atoms in total. The molecule has 0 amide bonds. The van der Waals surface area contributed by atoms with Gasteiger partial charge in [0.25, 0.3) is 10.1 Å². The van der Waals surface area contributed by atoms with Crippen molar-refractivity contribution in [3.05, 3.63) is 65.7 Å². The van der Waals surface area contributed by atoms with Crippen molar-refractivity contribution in [2.75, 3.05) is 0 Å². The molecule has 0 spiro atoms. The van der Waals surface area contributed by atoms with Crippen molar-refractivity contribution >= 4 is 10.1 Å². The van der Waals surface area contributed by atoms with Crippen molar-refractivity contribution < 1.29 is 17.3 Å². The van der Waals surface area contributed by atoms with Crippen LogP contribution in [-0.2, 0) is 25.6 Å². The van der Waals surface area contributed by atoms with Gasteiger partial charge in [-0.15, -0.1) is 0 Å². The third-order valence-corrected chi connectivity index (χ3v) is 5.33. The fraction of sp³-hybridized carbons (Fsp3) is 0.333. The number of ether oxygens (including phenoxy) is 1. The van der Waals surface area contributed by atoms with E-state index in [0.29, 0.717) is 19.4 Å². The van der Waals surface area contributed by atoms with Crippen LogP contribution in [0.3, 0.4) is 0 Å². The van der Waals surface area contributed by atoms with Crippen molar-refractivity contribution in [3.8, 4) is 0 Å². The summed E-state index contributed by atoms with van der Waals surface area (Å²) in [5, 5.41) is 0. The van der Waals surface area contributed by atoms with E-state index in [0.717, 1.165) is 11.1 Å².